The SMILES string of the molecule is Cc1nc(-n2ccc3nc4nc(C)[nH][n+]4c(-c4cccc(Cl)c4)c3c2=O)n[nH]1. The van der Waals surface area contributed by atoms with E-state index in [2.05, 4.69) is 30.2 Å². The molecule has 1 aromatic carbocycles. The molecule has 0 amide bonds. The maximum absolute atomic E-state index is 13.4. The summed E-state index contributed by atoms with van der Waals surface area (Å²) in [5.74, 6) is 2.03. The Morgan fingerprint density at radius 1 is 1.11 bits per heavy atom. The average molecular weight is 394 g/mol. The van der Waals surface area contributed by atoms with Crippen molar-refractivity contribution in [3.63, 3.8) is 0 Å². The zero-order valence-corrected chi connectivity index (χ0v) is 15.7. The Kier molecular flexibility index (Phi) is 3.53. The molecule has 0 saturated carbocycles. The molecule has 0 atom stereocenters. The van der Waals surface area contributed by atoms with E-state index in [1.165, 1.54) is 4.57 Å². The molecule has 0 saturated heterocycles. The molecule has 4 aromatic heterocycles. The molecule has 0 unspecified atom stereocenters. The van der Waals surface area contributed by atoms with Crippen LogP contribution in [0.25, 0.3) is 33.9 Å². The zero-order chi connectivity index (χ0) is 19.4. The molecule has 5 rings (SSSR count). The van der Waals surface area contributed by atoms with Gasteiger partial charge in [0.2, 0.25) is 5.82 Å². The van der Waals surface area contributed by atoms with Gasteiger partial charge in [-0.05, 0) is 25.1 Å². The summed E-state index contributed by atoms with van der Waals surface area (Å²) in [5.41, 5.74) is 1.62. The minimum atomic E-state index is -0.291. The minimum absolute atomic E-state index is 0.271. The summed E-state index contributed by atoms with van der Waals surface area (Å²) < 4.78 is 3.08. The lowest BCUT2D eigenvalue weighted by molar-refractivity contribution is -0.567. The summed E-state index contributed by atoms with van der Waals surface area (Å²) in [4.78, 5) is 26.6. The van der Waals surface area contributed by atoms with Crippen molar-refractivity contribution in [3.8, 4) is 17.2 Å². The normalized spacial score (nSPS) is 11.5. The molecule has 9 nitrogen and oxygen atoms in total. The fourth-order valence-electron chi connectivity index (χ4n) is 3.23. The van der Waals surface area contributed by atoms with E-state index in [1.807, 2.05) is 19.1 Å². The van der Waals surface area contributed by atoms with Crippen molar-refractivity contribution in [3.05, 3.63) is 63.6 Å². The van der Waals surface area contributed by atoms with Gasteiger partial charge in [-0.25, -0.2) is 9.67 Å². The first-order chi connectivity index (χ1) is 13.5. The van der Waals surface area contributed by atoms with Gasteiger partial charge >= 0.3 is 5.78 Å². The number of nitrogens with one attached hydrogen (secondary N) is 2. The maximum atomic E-state index is 13.4. The quantitative estimate of drug-likeness (QED) is 0.445. The number of nitrogens with zero attached hydrogens (tertiary/aromatic N) is 6. The number of H-pyrrole nitrogens is 2. The number of halogens is 1. The molecule has 0 radical (unpaired) electrons. The first-order valence-corrected chi connectivity index (χ1v) is 8.88. The number of rotatable bonds is 2. The van der Waals surface area contributed by atoms with Crippen LogP contribution in [0.3, 0.4) is 0 Å². The van der Waals surface area contributed by atoms with E-state index in [0.717, 1.165) is 5.56 Å². The molecule has 10 heteroatoms. The van der Waals surface area contributed by atoms with Crippen LogP contribution in [-0.4, -0.2) is 34.8 Å². The van der Waals surface area contributed by atoms with E-state index in [-0.39, 0.29) is 11.5 Å². The Morgan fingerprint density at radius 2 is 1.96 bits per heavy atom. The van der Waals surface area contributed by atoms with Crippen molar-refractivity contribution in [2.24, 2.45) is 0 Å². The van der Waals surface area contributed by atoms with Gasteiger partial charge in [-0.3, -0.25) is 9.89 Å². The van der Waals surface area contributed by atoms with Crippen LogP contribution in [0.4, 0.5) is 0 Å². The highest BCUT2D eigenvalue weighted by atomic mass is 35.5. The third-order valence-electron chi connectivity index (χ3n) is 4.39. The number of hydrogen-bond donors (Lipinski definition) is 2. The van der Waals surface area contributed by atoms with Gasteiger partial charge in [-0.15, -0.1) is 9.61 Å². The topological polar surface area (TPSA) is 109 Å². The number of benzene rings is 1. The van der Waals surface area contributed by atoms with Crippen molar-refractivity contribution >= 4 is 28.3 Å². The van der Waals surface area contributed by atoms with E-state index in [1.54, 1.807) is 35.8 Å². The fraction of sp³-hybridized carbons (Fsp3) is 0.111. The van der Waals surface area contributed by atoms with Crippen molar-refractivity contribution in [2.75, 3.05) is 0 Å². The van der Waals surface area contributed by atoms with Gasteiger partial charge < -0.3 is 0 Å². The first-order valence-electron chi connectivity index (χ1n) is 8.50. The summed E-state index contributed by atoms with van der Waals surface area (Å²) in [6, 6.07) is 9.05. The van der Waals surface area contributed by atoms with Crippen LogP contribution in [0, 0.1) is 13.8 Å². The highest BCUT2D eigenvalue weighted by molar-refractivity contribution is 6.30. The summed E-state index contributed by atoms with van der Waals surface area (Å²) in [7, 11) is 0. The van der Waals surface area contributed by atoms with Crippen molar-refractivity contribution in [2.45, 2.75) is 13.8 Å². The summed E-state index contributed by atoms with van der Waals surface area (Å²) in [6.45, 7) is 3.60. The second-order valence-electron chi connectivity index (χ2n) is 6.39. The first kappa shape index (κ1) is 16.6. The summed E-state index contributed by atoms with van der Waals surface area (Å²) in [5, 5.41) is 11.0. The molecule has 2 N–H and O–H groups in total. The second-order valence-corrected chi connectivity index (χ2v) is 6.82. The van der Waals surface area contributed by atoms with Crippen molar-refractivity contribution in [1.82, 2.24) is 34.8 Å². The van der Waals surface area contributed by atoms with Crippen LogP contribution in [0.1, 0.15) is 11.6 Å². The predicted octanol–water partition coefficient (Wildman–Crippen LogP) is 1.90. The lowest BCUT2D eigenvalue weighted by atomic mass is 10.1. The maximum Gasteiger partial charge on any atom is 0.458 e. The molecular formula is C18H14ClN8O+. The van der Waals surface area contributed by atoms with E-state index < -0.39 is 0 Å². The molecular weight excluding hydrogens is 380 g/mol. The lowest BCUT2D eigenvalue weighted by Crippen LogP contribution is -2.31. The van der Waals surface area contributed by atoms with Gasteiger partial charge in [0.1, 0.15) is 11.2 Å². The molecule has 0 fully saturated rings. The summed E-state index contributed by atoms with van der Waals surface area (Å²) in [6.07, 6.45) is 1.61. The number of aromatic nitrogens is 8. The zero-order valence-electron chi connectivity index (χ0n) is 14.9. The van der Waals surface area contributed by atoms with Crippen LogP contribution in [0.15, 0.2) is 41.3 Å². The fourth-order valence-corrected chi connectivity index (χ4v) is 3.42. The molecule has 0 spiro atoms. The smallest absolute Gasteiger partial charge is 0.268 e. The molecule has 4 heterocycles. The van der Waals surface area contributed by atoms with Gasteiger partial charge in [-0.2, -0.15) is 4.98 Å². The third-order valence-corrected chi connectivity index (χ3v) is 4.63. The lowest BCUT2D eigenvalue weighted by Gasteiger charge is -2.06. The number of pyridine rings is 1. The Balaban J connectivity index is 1.96. The van der Waals surface area contributed by atoms with E-state index >= 15 is 0 Å². The molecule has 5 aromatic rings. The van der Waals surface area contributed by atoms with E-state index in [0.29, 0.717) is 39.0 Å². The standard InChI is InChI=1S/C18H13ClN8O/c1-9-20-18(24-23-9)26-7-6-13-14(16(26)28)15(11-4-3-5-12(19)8-11)27-17(22-13)21-10(2)25-27/h3-8H,1-2H3,(H,20,23,24)/p+1. The van der Waals surface area contributed by atoms with Gasteiger partial charge in [0.05, 0.1) is 0 Å². The van der Waals surface area contributed by atoms with Gasteiger partial charge in [-0.1, -0.05) is 33.7 Å². The second kappa shape index (κ2) is 5.96. The molecule has 0 aliphatic heterocycles. The molecule has 0 bridgehead atoms. The van der Waals surface area contributed by atoms with Gasteiger partial charge in [0.15, 0.2) is 11.2 Å². The van der Waals surface area contributed by atoms with E-state index in [4.69, 9.17) is 11.6 Å². The number of aryl methyl sites for hydroxylation is 2. The monoisotopic (exact) mass is 393 g/mol. The number of aromatic amines is 2. The van der Waals surface area contributed by atoms with Crippen LogP contribution in [0.2, 0.25) is 5.02 Å². The summed E-state index contributed by atoms with van der Waals surface area (Å²) >= 11 is 6.21. The highest BCUT2D eigenvalue weighted by Gasteiger charge is 2.24. The minimum Gasteiger partial charge on any atom is -0.268 e. The highest BCUT2D eigenvalue weighted by Crippen LogP contribution is 2.25. The van der Waals surface area contributed by atoms with Crippen LogP contribution < -0.4 is 10.1 Å². The van der Waals surface area contributed by atoms with E-state index in [9.17, 15) is 4.79 Å². The number of hydrogen-bond acceptors (Lipinski definition) is 5. The predicted molar refractivity (Wildman–Crippen MR) is 103 cm³/mol. The van der Waals surface area contributed by atoms with Crippen molar-refractivity contribution < 1.29 is 4.52 Å². The Morgan fingerprint density at radius 3 is 2.71 bits per heavy atom. The third kappa shape index (κ3) is 2.48. The average Bonchev–Trinajstić information content (AvgIpc) is 3.24. The largest absolute Gasteiger partial charge is 0.458 e. The molecule has 28 heavy (non-hydrogen) atoms. The van der Waals surface area contributed by atoms with Gasteiger partial charge in [0.25, 0.3) is 11.5 Å². The van der Waals surface area contributed by atoms with Crippen LogP contribution in [-0.2, 0) is 0 Å². The Bertz CT molecular complexity index is 1430. The number of fused-ring (bicyclic) bond motifs is 2. The van der Waals surface area contributed by atoms with Crippen molar-refractivity contribution in [1.29, 1.82) is 0 Å². The Labute approximate surface area is 162 Å². The molecule has 138 valence electrons. The van der Waals surface area contributed by atoms with Gasteiger partial charge in [0, 0.05) is 23.7 Å². The Hall–Kier alpha value is -3.59. The van der Waals surface area contributed by atoms with Crippen LogP contribution >= 0.6 is 11.6 Å². The molecule has 0 aliphatic rings. The van der Waals surface area contributed by atoms with Crippen LogP contribution in [0.5, 0.6) is 0 Å². The molecule has 0 aliphatic carbocycles.